The van der Waals surface area contributed by atoms with Gasteiger partial charge >= 0.3 is 11.9 Å². The molecule has 0 spiro atoms. The van der Waals surface area contributed by atoms with Gasteiger partial charge in [-0.05, 0) is 27.7 Å². The molecule has 0 aliphatic rings. The van der Waals surface area contributed by atoms with Crippen molar-refractivity contribution in [1.82, 2.24) is 4.90 Å². The number of rotatable bonds is 8. The number of nitrogens with zero attached hydrogens (tertiary/aromatic N) is 1. The number of methoxy groups -OCH3 is 1. The van der Waals surface area contributed by atoms with E-state index in [0.717, 1.165) is 0 Å². The third-order valence-electron chi connectivity index (χ3n) is 3.02. The van der Waals surface area contributed by atoms with Crippen LogP contribution in [0.4, 0.5) is 0 Å². The molecule has 0 heterocycles. The fraction of sp³-hybridized carbons (Fsp3) is 0.857. The van der Waals surface area contributed by atoms with Gasteiger partial charge in [-0.1, -0.05) is 6.92 Å². The number of hydrogen-bond donors (Lipinski definition) is 0. The first-order chi connectivity index (χ1) is 8.79. The summed E-state index contributed by atoms with van der Waals surface area (Å²) in [7, 11) is 1.31. The number of ether oxygens (including phenoxy) is 2. The first-order valence-electron chi connectivity index (χ1n) is 6.78. The minimum absolute atomic E-state index is 0.0629. The van der Waals surface area contributed by atoms with Crippen molar-refractivity contribution >= 4 is 11.9 Å². The zero-order valence-corrected chi connectivity index (χ0v) is 12.9. The molecule has 1 atom stereocenters. The second kappa shape index (κ2) is 8.91. The number of carbonyl (C=O) groups excluding carboxylic acids is 2. The van der Waals surface area contributed by atoms with Crippen molar-refractivity contribution in [3.63, 3.8) is 0 Å². The van der Waals surface area contributed by atoms with Crippen molar-refractivity contribution < 1.29 is 19.1 Å². The van der Waals surface area contributed by atoms with E-state index in [1.165, 1.54) is 7.11 Å². The van der Waals surface area contributed by atoms with E-state index in [4.69, 9.17) is 4.74 Å². The Balaban J connectivity index is 4.05. The molecule has 0 saturated carbocycles. The minimum atomic E-state index is -0.459. The Labute approximate surface area is 116 Å². The van der Waals surface area contributed by atoms with Crippen molar-refractivity contribution in [2.24, 2.45) is 5.92 Å². The van der Waals surface area contributed by atoms with Crippen LogP contribution in [-0.2, 0) is 19.1 Å². The predicted molar refractivity (Wildman–Crippen MR) is 73.7 cm³/mol. The molecule has 0 aliphatic carbocycles. The normalized spacial score (nSPS) is 12.9. The summed E-state index contributed by atoms with van der Waals surface area (Å²) in [5.74, 6) is -1.20. The monoisotopic (exact) mass is 273 g/mol. The molecule has 0 aromatic heterocycles. The topological polar surface area (TPSA) is 55.8 Å². The average molecular weight is 273 g/mol. The van der Waals surface area contributed by atoms with Crippen LogP contribution in [0.1, 0.15) is 41.0 Å². The van der Waals surface area contributed by atoms with E-state index in [-0.39, 0.29) is 12.4 Å². The molecule has 0 rings (SSSR count). The van der Waals surface area contributed by atoms with E-state index < -0.39 is 11.9 Å². The predicted octanol–water partition coefficient (Wildman–Crippen LogP) is 1.85. The van der Waals surface area contributed by atoms with Crippen LogP contribution in [0, 0.1) is 5.92 Å². The lowest BCUT2D eigenvalue weighted by Gasteiger charge is -2.30. The summed E-state index contributed by atoms with van der Waals surface area (Å²) in [5, 5.41) is 0. The number of hydrogen-bond acceptors (Lipinski definition) is 5. The molecule has 0 radical (unpaired) electrons. The smallest absolute Gasteiger partial charge is 0.309 e. The molecule has 5 heteroatoms. The molecule has 0 saturated heterocycles. The number of esters is 2. The van der Waals surface area contributed by atoms with E-state index in [2.05, 4.69) is 37.3 Å². The van der Waals surface area contributed by atoms with Crippen LogP contribution in [0.25, 0.3) is 0 Å². The Bertz CT molecular complexity index is 281. The summed E-state index contributed by atoms with van der Waals surface area (Å²) < 4.78 is 9.71. The van der Waals surface area contributed by atoms with Crippen molar-refractivity contribution in [3.8, 4) is 0 Å². The SMILES string of the molecule is COC(=O)C[C@H](C)C(=O)OCCN(C(C)C)C(C)C. The Morgan fingerprint density at radius 1 is 1.05 bits per heavy atom. The largest absolute Gasteiger partial charge is 0.469 e. The minimum Gasteiger partial charge on any atom is -0.469 e. The quantitative estimate of drug-likeness (QED) is 0.632. The standard InChI is InChI=1S/C14H27NO4/c1-10(2)15(11(3)4)7-8-19-14(17)12(5)9-13(16)18-6/h10-12H,7-9H2,1-6H3/t12-/m0/s1. The summed E-state index contributed by atoms with van der Waals surface area (Å²) in [4.78, 5) is 25.0. The molecule has 0 aromatic carbocycles. The van der Waals surface area contributed by atoms with Crippen molar-refractivity contribution in [2.75, 3.05) is 20.3 Å². The van der Waals surface area contributed by atoms with Crippen LogP contribution in [-0.4, -0.2) is 49.2 Å². The molecular weight excluding hydrogens is 246 g/mol. The van der Waals surface area contributed by atoms with Gasteiger partial charge < -0.3 is 9.47 Å². The Hall–Kier alpha value is -1.10. The van der Waals surface area contributed by atoms with E-state index in [1.807, 2.05) is 0 Å². The van der Waals surface area contributed by atoms with Crippen LogP contribution in [0.2, 0.25) is 0 Å². The Morgan fingerprint density at radius 3 is 2.00 bits per heavy atom. The molecule has 0 fully saturated rings. The second-order valence-electron chi connectivity index (χ2n) is 5.27. The van der Waals surface area contributed by atoms with Gasteiger partial charge in [-0.3, -0.25) is 14.5 Å². The van der Waals surface area contributed by atoms with Crippen LogP contribution in [0.3, 0.4) is 0 Å². The van der Waals surface area contributed by atoms with E-state index in [9.17, 15) is 9.59 Å². The lowest BCUT2D eigenvalue weighted by atomic mass is 10.1. The first-order valence-corrected chi connectivity index (χ1v) is 6.78. The van der Waals surface area contributed by atoms with Gasteiger partial charge in [0.15, 0.2) is 0 Å². The summed E-state index contributed by atoms with van der Waals surface area (Å²) in [5.41, 5.74) is 0. The fourth-order valence-corrected chi connectivity index (χ4v) is 1.92. The molecule has 0 N–H and O–H groups in total. The second-order valence-corrected chi connectivity index (χ2v) is 5.27. The van der Waals surface area contributed by atoms with Gasteiger partial charge in [-0.25, -0.2) is 0 Å². The molecule has 0 aromatic rings. The fourth-order valence-electron chi connectivity index (χ4n) is 1.92. The van der Waals surface area contributed by atoms with Gasteiger partial charge in [0.2, 0.25) is 0 Å². The van der Waals surface area contributed by atoms with Crippen molar-refractivity contribution in [1.29, 1.82) is 0 Å². The third kappa shape index (κ3) is 7.15. The molecule has 19 heavy (non-hydrogen) atoms. The maximum absolute atomic E-state index is 11.7. The molecular formula is C14H27NO4. The third-order valence-corrected chi connectivity index (χ3v) is 3.02. The van der Waals surface area contributed by atoms with Crippen molar-refractivity contribution in [2.45, 2.75) is 53.1 Å². The van der Waals surface area contributed by atoms with Gasteiger partial charge in [0.1, 0.15) is 6.61 Å². The molecule has 0 amide bonds. The van der Waals surface area contributed by atoms with Gasteiger partial charge in [-0.15, -0.1) is 0 Å². The molecule has 0 aliphatic heterocycles. The lowest BCUT2D eigenvalue weighted by molar-refractivity contribution is -0.153. The maximum atomic E-state index is 11.7. The average Bonchev–Trinajstić information content (AvgIpc) is 2.32. The van der Waals surface area contributed by atoms with E-state index >= 15 is 0 Å². The zero-order valence-electron chi connectivity index (χ0n) is 12.9. The maximum Gasteiger partial charge on any atom is 0.309 e. The molecule has 0 unspecified atom stereocenters. The number of carbonyl (C=O) groups is 2. The molecule has 0 bridgehead atoms. The lowest BCUT2D eigenvalue weighted by Crippen LogP contribution is -2.39. The van der Waals surface area contributed by atoms with Crippen LogP contribution >= 0.6 is 0 Å². The highest BCUT2D eigenvalue weighted by Gasteiger charge is 2.19. The zero-order chi connectivity index (χ0) is 15.0. The van der Waals surface area contributed by atoms with Gasteiger partial charge in [0.05, 0.1) is 19.4 Å². The summed E-state index contributed by atoms with van der Waals surface area (Å²) in [6, 6.07) is 0.817. The van der Waals surface area contributed by atoms with Crippen LogP contribution in [0.5, 0.6) is 0 Å². The molecule has 5 nitrogen and oxygen atoms in total. The van der Waals surface area contributed by atoms with E-state index in [1.54, 1.807) is 6.92 Å². The summed E-state index contributed by atoms with van der Waals surface area (Å²) in [6.45, 7) is 11.2. The highest BCUT2D eigenvalue weighted by Crippen LogP contribution is 2.07. The van der Waals surface area contributed by atoms with E-state index in [0.29, 0.717) is 25.2 Å². The Kier molecular flexibility index (Phi) is 8.39. The van der Waals surface area contributed by atoms with Crippen molar-refractivity contribution in [3.05, 3.63) is 0 Å². The van der Waals surface area contributed by atoms with Gasteiger partial charge in [0.25, 0.3) is 0 Å². The van der Waals surface area contributed by atoms with Gasteiger partial charge in [0, 0.05) is 18.6 Å². The highest BCUT2D eigenvalue weighted by atomic mass is 16.5. The van der Waals surface area contributed by atoms with Gasteiger partial charge in [-0.2, -0.15) is 0 Å². The summed E-state index contributed by atoms with van der Waals surface area (Å²) >= 11 is 0. The van der Waals surface area contributed by atoms with Crippen LogP contribution < -0.4 is 0 Å². The molecule has 112 valence electrons. The summed E-state index contributed by atoms with van der Waals surface area (Å²) in [6.07, 6.45) is 0.0629. The first kappa shape index (κ1) is 17.9. The highest BCUT2D eigenvalue weighted by molar-refractivity contribution is 5.79. The Morgan fingerprint density at radius 2 is 1.58 bits per heavy atom. The van der Waals surface area contributed by atoms with Crippen LogP contribution in [0.15, 0.2) is 0 Å².